The van der Waals surface area contributed by atoms with Gasteiger partial charge in [0.05, 0.1) is 28.2 Å². The first-order chi connectivity index (χ1) is 13.5. The Morgan fingerprint density at radius 1 is 1.21 bits per heavy atom. The summed E-state index contributed by atoms with van der Waals surface area (Å²) in [5.41, 5.74) is 1.48. The average molecular weight is 409 g/mol. The Kier molecular flexibility index (Phi) is 6.50. The molecular weight excluding hydrogens is 382 g/mol. The fraction of sp³-hybridized carbons (Fsp3) is 0.364. The van der Waals surface area contributed by atoms with Crippen molar-refractivity contribution in [3.05, 3.63) is 66.3 Å². The van der Waals surface area contributed by atoms with Gasteiger partial charge in [0, 0.05) is 18.9 Å². The van der Waals surface area contributed by atoms with Gasteiger partial charge >= 0.3 is 6.18 Å². The van der Waals surface area contributed by atoms with E-state index in [0.29, 0.717) is 5.70 Å². The van der Waals surface area contributed by atoms with Crippen LogP contribution in [0.15, 0.2) is 43.6 Å². The van der Waals surface area contributed by atoms with Crippen LogP contribution >= 0.6 is 0 Å². The number of aromatic nitrogens is 1. The number of nitrogens with zero attached hydrogens (tertiary/aromatic N) is 1. The average Bonchev–Trinajstić information content (AvgIpc) is 2.93. The molecule has 158 valence electrons. The first-order valence-electron chi connectivity index (χ1n) is 9.38. The van der Waals surface area contributed by atoms with E-state index in [1.54, 1.807) is 0 Å². The van der Waals surface area contributed by atoms with Crippen LogP contribution in [0.3, 0.4) is 0 Å². The molecule has 2 N–H and O–H groups in total. The molecule has 29 heavy (non-hydrogen) atoms. The summed E-state index contributed by atoms with van der Waals surface area (Å²) in [6.07, 6.45) is 0.739. The zero-order chi connectivity index (χ0) is 22.0. The fourth-order valence-electron chi connectivity index (χ4n) is 3.40. The summed E-state index contributed by atoms with van der Waals surface area (Å²) in [6, 6.07) is 2.79. The van der Waals surface area contributed by atoms with Gasteiger partial charge in [-0.05, 0) is 43.5 Å². The molecule has 0 bridgehead atoms. The van der Waals surface area contributed by atoms with Crippen molar-refractivity contribution in [3.63, 3.8) is 0 Å². The molecule has 0 aliphatic carbocycles. The lowest BCUT2D eigenvalue weighted by molar-refractivity contribution is -0.139. The maximum Gasteiger partial charge on any atom is 0.419 e. The van der Waals surface area contributed by atoms with Gasteiger partial charge in [0.15, 0.2) is 0 Å². The van der Waals surface area contributed by atoms with Gasteiger partial charge in [-0.25, -0.2) is 4.39 Å². The van der Waals surface area contributed by atoms with Crippen LogP contribution in [0.25, 0.3) is 5.70 Å². The third kappa shape index (κ3) is 4.66. The number of nitrogens with one attached hydrogen (secondary N) is 2. The lowest BCUT2D eigenvalue weighted by Crippen LogP contribution is -2.34. The van der Waals surface area contributed by atoms with Crippen molar-refractivity contribution < 1.29 is 17.6 Å². The molecule has 2 aromatic rings. The first kappa shape index (κ1) is 22.6. The number of hydrogen-bond donors (Lipinski definition) is 2. The van der Waals surface area contributed by atoms with E-state index in [0.717, 1.165) is 41.9 Å². The molecule has 0 spiro atoms. The molecule has 0 amide bonds. The molecule has 1 aromatic heterocycles. The number of rotatable bonds is 8. The largest absolute Gasteiger partial charge is 0.419 e. The SMILES string of the molecule is C=CC(CC)(CC)Nc1cn(C)c(C(=C)Nc2ccc(F)c(C(F)(F)F)c2)c1C. The highest BCUT2D eigenvalue weighted by atomic mass is 19.4. The Hall–Kier alpha value is -2.70. The van der Waals surface area contributed by atoms with Crippen molar-refractivity contribution >= 4 is 17.1 Å². The summed E-state index contributed by atoms with van der Waals surface area (Å²) in [5, 5.41) is 6.39. The van der Waals surface area contributed by atoms with Crippen molar-refractivity contribution in [1.29, 1.82) is 0 Å². The minimum atomic E-state index is -4.77. The molecule has 2 rings (SSSR count). The standard InChI is InChI=1S/C22H27F4N3/c1-7-21(8-2,9-3)28-19-13-29(6)20(14(19)4)15(5)27-16-10-11-18(23)17(12-16)22(24,25)26/h7,10-13,27-28H,1,5,8-9H2,2-4,6H3. The van der Waals surface area contributed by atoms with E-state index in [1.807, 2.05) is 30.8 Å². The molecule has 1 aromatic carbocycles. The van der Waals surface area contributed by atoms with E-state index in [2.05, 4.69) is 37.6 Å². The highest BCUT2D eigenvalue weighted by Gasteiger charge is 2.34. The van der Waals surface area contributed by atoms with Gasteiger partial charge in [-0.15, -0.1) is 6.58 Å². The summed E-state index contributed by atoms with van der Waals surface area (Å²) >= 11 is 0. The Morgan fingerprint density at radius 3 is 2.34 bits per heavy atom. The van der Waals surface area contributed by atoms with E-state index in [9.17, 15) is 17.6 Å². The van der Waals surface area contributed by atoms with Crippen molar-refractivity contribution in [3.8, 4) is 0 Å². The lowest BCUT2D eigenvalue weighted by atomic mass is 9.92. The van der Waals surface area contributed by atoms with Gasteiger partial charge < -0.3 is 15.2 Å². The van der Waals surface area contributed by atoms with Gasteiger partial charge in [0.1, 0.15) is 5.82 Å². The highest BCUT2D eigenvalue weighted by Crippen LogP contribution is 2.35. The number of anilines is 2. The number of aryl methyl sites for hydroxylation is 1. The maximum atomic E-state index is 13.5. The molecule has 0 atom stereocenters. The van der Waals surface area contributed by atoms with Crippen LogP contribution in [0, 0.1) is 12.7 Å². The van der Waals surface area contributed by atoms with Crippen molar-refractivity contribution in [2.75, 3.05) is 10.6 Å². The van der Waals surface area contributed by atoms with Crippen LogP contribution in [0.4, 0.5) is 28.9 Å². The van der Waals surface area contributed by atoms with E-state index < -0.39 is 17.6 Å². The van der Waals surface area contributed by atoms with Crippen molar-refractivity contribution in [2.45, 2.75) is 45.3 Å². The summed E-state index contributed by atoms with van der Waals surface area (Å²) in [5.74, 6) is -1.31. The second-order valence-corrected chi connectivity index (χ2v) is 7.12. The van der Waals surface area contributed by atoms with Crippen LogP contribution in [-0.2, 0) is 13.2 Å². The lowest BCUT2D eigenvalue weighted by Gasteiger charge is -2.30. The summed E-state index contributed by atoms with van der Waals surface area (Å²) in [4.78, 5) is 0. The second kappa shape index (κ2) is 8.35. The normalized spacial score (nSPS) is 12.0. The zero-order valence-corrected chi connectivity index (χ0v) is 17.2. The second-order valence-electron chi connectivity index (χ2n) is 7.12. The molecule has 0 saturated carbocycles. The highest BCUT2D eigenvalue weighted by molar-refractivity contribution is 5.79. The molecule has 3 nitrogen and oxygen atoms in total. The summed E-state index contributed by atoms with van der Waals surface area (Å²) < 4.78 is 54.3. The molecule has 7 heteroatoms. The van der Waals surface area contributed by atoms with Gasteiger partial charge in [-0.3, -0.25) is 0 Å². The summed E-state index contributed by atoms with van der Waals surface area (Å²) in [6.45, 7) is 14.0. The van der Waals surface area contributed by atoms with Crippen LogP contribution in [0.1, 0.15) is 43.5 Å². The monoisotopic (exact) mass is 409 g/mol. The van der Waals surface area contributed by atoms with Crippen LogP contribution in [-0.4, -0.2) is 10.1 Å². The van der Waals surface area contributed by atoms with E-state index >= 15 is 0 Å². The molecule has 0 unspecified atom stereocenters. The minimum Gasteiger partial charge on any atom is -0.375 e. The van der Waals surface area contributed by atoms with Crippen LogP contribution in [0.2, 0.25) is 0 Å². The molecule has 0 aliphatic rings. The van der Waals surface area contributed by atoms with Crippen LogP contribution in [0.5, 0.6) is 0 Å². The van der Waals surface area contributed by atoms with Gasteiger partial charge in [0.25, 0.3) is 0 Å². The van der Waals surface area contributed by atoms with Crippen molar-refractivity contribution in [1.82, 2.24) is 4.57 Å². The topological polar surface area (TPSA) is 29.0 Å². The Labute approximate surface area is 169 Å². The number of halogens is 4. The third-order valence-electron chi connectivity index (χ3n) is 5.32. The minimum absolute atomic E-state index is 0.112. The van der Waals surface area contributed by atoms with E-state index in [4.69, 9.17) is 0 Å². The van der Waals surface area contributed by atoms with Gasteiger partial charge in [0.2, 0.25) is 0 Å². The molecule has 0 aliphatic heterocycles. The smallest absolute Gasteiger partial charge is 0.375 e. The molecule has 0 fully saturated rings. The predicted molar refractivity (Wildman–Crippen MR) is 111 cm³/mol. The molecule has 0 saturated heterocycles. The quantitative estimate of drug-likeness (QED) is 0.374. The van der Waals surface area contributed by atoms with Gasteiger partial charge in [-0.1, -0.05) is 26.5 Å². The Bertz CT molecular complexity index is 906. The number of alkyl halides is 3. The fourth-order valence-corrected chi connectivity index (χ4v) is 3.40. The maximum absolute atomic E-state index is 13.5. The Balaban J connectivity index is 2.34. The first-order valence-corrected chi connectivity index (χ1v) is 9.38. The number of benzene rings is 1. The molecular formula is C22H27F4N3. The number of hydrogen-bond acceptors (Lipinski definition) is 2. The molecule has 1 heterocycles. The molecule has 0 radical (unpaired) electrons. The van der Waals surface area contributed by atoms with E-state index in [1.165, 1.54) is 6.07 Å². The van der Waals surface area contributed by atoms with Crippen LogP contribution < -0.4 is 10.6 Å². The van der Waals surface area contributed by atoms with E-state index in [-0.39, 0.29) is 11.2 Å². The predicted octanol–water partition coefficient (Wildman–Crippen LogP) is 6.73. The van der Waals surface area contributed by atoms with Crippen molar-refractivity contribution in [2.24, 2.45) is 7.05 Å². The van der Waals surface area contributed by atoms with Gasteiger partial charge in [-0.2, -0.15) is 13.2 Å². The zero-order valence-electron chi connectivity index (χ0n) is 17.2. The third-order valence-corrected chi connectivity index (χ3v) is 5.32. The Morgan fingerprint density at radius 2 is 1.83 bits per heavy atom. The summed E-state index contributed by atoms with van der Waals surface area (Å²) in [7, 11) is 1.83.